The third-order valence-electron chi connectivity index (χ3n) is 4.54. The molecule has 0 amide bonds. The average Bonchev–Trinajstić information content (AvgIpc) is 2.74. The number of benzene rings is 2. The van der Waals surface area contributed by atoms with Crippen molar-refractivity contribution in [2.45, 2.75) is 31.7 Å². The van der Waals surface area contributed by atoms with Crippen molar-refractivity contribution in [3.8, 4) is 5.75 Å². The van der Waals surface area contributed by atoms with E-state index in [0.717, 1.165) is 5.56 Å². The molecule has 1 aliphatic heterocycles. The number of para-hydroxylation sites is 1. The number of nitrogens with one attached hydrogen (secondary N) is 1. The Morgan fingerprint density at radius 1 is 0.968 bits per heavy atom. The van der Waals surface area contributed by atoms with Gasteiger partial charge in [0.05, 0.1) is 24.2 Å². The smallest absolute Gasteiger partial charge is 0.374 e. The minimum absolute atomic E-state index is 0.0166. The Labute approximate surface area is 180 Å². The molecule has 9 heteroatoms. The van der Waals surface area contributed by atoms with Crippen LogP contribution in [0.25, 0.3) is 0 Å². The lowest BCUT2D eigenvalue weighted by Gasteiger charge is -2.29. The van der Waals surface area contributed by atoms with Crippen molar-refractivity contribution in [3.05, 3.63) is 71.0 Å². The molecule has 1 aliphatic rings. The van der Waals surface area contributed by atoms with Gasteiger partial charge in [0, 0.05) is 5.56 Å². The van der Waals surface area contributed by atoms with E-state index < -0.39 is 33.8 Å². The van der Waals surface area contributed by atoms with E-state index in [4.69, 9.17) is 14.2 Å². The van der Waals surface area contributed by atoms with E-state index in [-0.39, 0.29) is 29.4 Å². The molecule has 31 heavy (non-hydrogen) atoms. The molecule has 0 aliphatic carbocycles. The summed E-state index contributed by atoms with van der Waals surface area (Å²) in [6, 6.07) is 11.6. The zero-order chi connectivity index (χ0) is 22.6. The molecule has 0 saturated carbocycles. The van der Waals surface area contributed by atoms with Crippen molar-refractivity contribution in [3.63, 3.8) is 0 Å². The lowest BCUT2D eigenvalue weighted by molar-refractivity contribution is -0.144. The number of ether oxygens (including phenoxy) is 3. The van der Waals surface area contributed by atoms with Crippen molar-refractivity contribution >= 4 is 22.0 Å². The second kappa shape index (κ2) is 9.32. The van der Waals surface area contributed by atoms with E-state index in [1.807, 2.05) is 6.92 Å². The van der Waals surface area contributed by atoms with E-state index in [1.165, 1.54) is 12.1 Å². The zero-order valence-corrected chi connectivity index (χ0v) is 18.2. The monoisotopic (exact) mass is 445 g/mol. The Morgan fingerprint density at radius 3 is 2.23 bits per heavy atom. The van der Waals surface area contributed by atoms with Crippen LogP contribution in [0, 0.1) is 6.92 Å². The summed E-state index contributed by atoms with van der Waals surface area (Å²) >= 11 is 0. The molecule has 1 unspecified atom stereocenters. The summed E-state index contributed by atoms with van der Waals surface area (Å²) in [4.78, 5) is 25.4. The maximum atomic E-state index is 13.1. The molecule has 0 fully saturated rings. The van der Waals surface area contributed by atoms with Crippen LogP contribution < -0.4 is 9.46 Å². The van der Waals surface area contributed by atoms with Crippen LogP contribution in [0.5, 0.6) is 5.75 Å². The number of carbonyl (C=O) groups is 2. The van der Waals surface area contributed by atoms with Crippen molar-refractivity contribution < 1.29 is 32.2 Å². The summed E-state index contributed by atoms with van der Waals surface area (Å²) in [5.74, 6) is -1.94. The van der Waals surface area contributed by atoms with Gasteiger partial charge in [0.25, 0.3) is 0 Å². The molecule has 1 atom stereocenters. The molecule has 1 N–H and O–H groups in total. The van der Waals surface area contributed by atoms with Gasteiger partial charge in [0.15, 0.2) is 0 Å². The maximum Gasteiger partial charge on any atom is 0.374 e. The molecule has 0 saturated heterocycles. The lowest BCUT2D eigenvalue weighted by Crippen LogP contribution is -2.37. The molecule has 0 bridgehead atoms. The van der Waals surface area contributed by atoms with E-state index in [0.29, 0.717) is 5.56 Å². The Hall–Kier alpha value is -3.17. The fourth-order valence-corrected chi connectivity index (χ4v) is 4.28. The minimum atomic E-state index is -4.06. The first-order chi connectivity index (χ1) is 14.8. The predicted molar refractivity (Wildman–Crippen MR) is 112 cm³/mol. The molecule has 2 aromatic carbocycles. The van der Waals surface area contributed by atoms with Crippen LogP contribution in [0.15, 0.2) is 64.8 Å². The van der Waals surface area contributed by atoms with E-state index in [9.17, 15) is 18.0 Å². The highest BCUT2D eigenvalue weighted by molar-refractivity contribution is 7.89. The summed E-state index contributed by atoms with van der Waals surface area (Å²) in [7, 11) is -4.06. The third-order valence-corrected chi connectivity index (χ3v) is 5.97. The Kier molecular flexibility index (Phi) is 6.77. The first-order valence-corrected chi connectivity index (χ1v) is 11.2. The van der Waals surface area contributed by atoms with Crippen LogP contribution >= 0.6 is 0 Å². The second-order valence-electron chi connectivity index (χ2n) is 6.69. The number of sulfonamides is 1. The van der Waals surface area contributed by atoms with Crippen molar-refractivity contribution in [2.24, 2.45) is 0 Å². The van der Waals surface area contributed by atoms with Gasteiger partial charge in [0.1, 0.15) is 11.3 Å². The second-order valence-corrected chi connectivity index (χ2v) is 8.40. The Bertz CT molecular complexity index is 1120. The predicted octanol–water partition coefficient (Wildman–Crippen LogP) is 2.79. The van der Waals surface area contributed by atoms with Crippen LogP contribution in [-0.2, 0) is 29.1 Å². The van der Waals surface area contributed by atoms with Gasteiger partial charge in [-0.25, -0.2) is 18.0 Å². The van der Waals surface area contributed by atoms with Crippen LogP contribution in [0.3, 0.4) is 0 Å². The molecule has 3 rings (SSSR count). The van der Waals surface area contributed by atoms with E-state index >= 15 is 0 Å². The molecule has 0 spiro atoms. The third kappa shape index (κ3) is 4.78. The molecule has 0 radical (unpaired) electrons. The van der Waals surface area contributed by atoms with Crippen molar-refractivity contribution in [1.82, 2.24) is 4.72 Å². The van der Waals surface area contributed by atoms with Crippen LogP contribution in [0.1, 0.15) is 31.0 Å². The Morgan fingerprint density at radius 2 is 1.58 bits per heavy atom. The number of fused-ring (bicyclic) bond motifs is 1. The quantitative estimate of drug-likeness (QED) is 0.653. The highest BCUT2D eigenvalue weighted by Gasteiger charge is 2.40. The van der Waals surface area contributed by atoms with Gasteiger partial charge < -0.3 is 14.2 Å². The van der Waals surface area contributed by atoms with Crippen molar-refractivity contribution in [2.75, 3.05) is 13.2 Å². The standard InChI is InChI=1S/C22H23NO7S/c1-4-28-21(24)18-19(23-31(26,27)15-12-10-14(3)11-13-15)16-8-6-7-9-17(16)30-20(18)22(25)29-5-2/h6-13,19,23H,4-5H2,1-3H3. The average molecular weight is 445 g/mol. The number of rotatable bonds is 7. The van der Waals surface area contributed by atoms with Crippen LogP contribution in [0.4, 0.5) is 0 Å². The normalized spacial score (nSPS) is 15.6. The largest absolute Gasteiger partial charge is 0.462 e. The number of aryl methyl sites for hydroxylation is 1. The van der Waals surface area contributed by atoms with Crippen molar-refractivity contribution in [1.29, 1.82) is 0 Å². The van der Waals surface area contributed by atoms with Crippen LogP contribution in [-0.4, -0.2) is 33.6 Å². The molecule has 0 aromatic heterocycles. The SMILES string of the molecule is CCOC(=O)C1=C(C(=O)OCC)C(NS(=O)(=O)c2ccc(C)cc2)c2ccccc2O1. The first-order valence-electron chi connectivity index (χ1n) is 9.72. The van der Waals surface area contributed by atoms with Gasteiger partial charge >= 0.3 is 11.9 Å². The first kappa shape index (κ1) is 22.5. The molecule has 164 valence electrons. The van der Waals surface area contributed by atoms with Gasteiger partial charge in [0.2, 0.25) is 15.8 Å². The molecule has 1 heterocycles. The maximum absolute atomic E-state index is 13.1. The minimum Gasteiger partial charge on any atom is -0.462 e. The summed E-state index contributed by atoms with van der Waals surface area (Å²) in [6.45, 7) is 5.12. The van der Waals surface area contributed by atoms with Gasteiger partial charge in [-0.05, 0) is 39.0 Å². The van der Waals surface area contributed by atoms with Gasteiger partial charge in [-0.1, -0.05) is 35.9 Å². The highest BCUT2D eigenvalue weighted by Crippen LogP contribution is 2.39. The molecule has 8 nitrogen and oxygen atoms in total. The van der Waals surface area contributed by atoms with E-state index in [2.05, 4.69) is 4.72 Å². The van der Waals surface area contributed by atoms with Gasteiger partial charge in [-0.15, -0.1) is 0 Å². The molecular formula is C22H23NO7S. The van der Waals surface area contributed by atoms with Crippen LogP contribution in [0.2, 0.25) is 0 Å². The lowest BCUT2D eigenvalue weighted by atomic mass is 9.95. The van der Waals surface area contributed by atoms with Gasteiger partial charge in [-0.2, -0.15) is 4.72 Å². The Balaban J connectivity index is 2.15. The number of hydrogen-bond donors (Lipinski definition) is 1. The fourth-order valence-electron chi connectivity index (χ4n) is 3.09. The summed E-state index contributed by atoms with van der Waals surface area (Å²) in [6.07, 6.45) is 0. The number of hydrogen-bond acceptors (Lipinski definition) is 7. The summed E-state index contributed by atoms with van der Waals surface area (Å²) in [5.41, 5.74) is 0.996. The highest BCUT2D eigenvalue weighted by atomic mass is 32.2. The molecular weight excluding hydrogens is 422 g/mol. The molecule has 2 aromatic rings. The summed E-state index contributed by atoms with van der Waals surface area (Å²) < 4.78 is 44.5. The topological polar surface area (TPSA) is 108 Å². The summed E-state index contributed by atoms with van der Waals surface area (Å²) in [5, 5.41) is 0. The van der Waals surface area contributed by atoms with E-state index in [1.54, 1.807) is 50.2 Å². The fraction of sp³-hybridized carbons (Fsp3) is 0.273. The van der Waals surface area contributed by atoms with Gasteiger partial charge in [-0.3, -0.25) is 0 Å². The number of carbonyl (C=O) groups excluding carboxylic acids is 2. The number of esters is 2. The zero-order valence-electron chi connectivity index (χ0n) is 17.4.